The fourth-order valence-corrected chi connectivity index (χ4v) is 5.27. The first kappa shape index (κ1) is 30.0. The molecule has 0 fully saturated rings. The van der Waals surface area contributed by atoms with E-state index in [2.05, 4.69) is 24.7 Å². The highest BCUT2D eigenvalue weighted by Crippen LogP contribution is 2.36. The molecule has 3 aromatic rings. The van der Waals surface area contributed by atoms with Gasteiger partial charge < -0.3 is 5.32 Å². The molecule has 1 amide bonds. The van der Waals surface area contributed by atoms with Gasteiger partial charge >= 0.3 is 12.4 Å². The highest BCUT2D eigenvalue weighted by molar-refractivity contribution is 7.90. The zero-order valence-corrected chi connectivity index (χ0v) is 22.0. The van der Waals surface area contributed by atoms with Crippen LogP contribution in [0.3, 0.4) is 0 Å². The average molecular weight is 578 g/mol. The van der Waals surface area contributed by atoms with Gasteiger partial charge in [0.2, 0.25) is 0 Å². The van der Waals surface area contributed by atoms with Gasteiger partial charge in [-0.2, -0.15) is 40.5 Å². The Kier molecular flexibility index (Phi) is 8.69. The number of benzene rings is 1. The number of aromatic nitrogens is 4. The smallest absolute Gasteiger partial charge is 0.342 e. The first-order chi connectivity index (χ1) is 18.1. The predicted octanol–water partition coefficient (Wildman–Crippen LogP) is 5.18. The van der Waals surface area contributed by atoms with E-state index in [9.17, 15) is 35.3 Å². The third-order valence-electron chi connectivity index (χ3n) is 5.56. The highest BCUT2D eigenvalue weighted by atomic mass is 32.2. The van der Waals surface area contributed by atoms with Gasteiger partial charge in [0.1, 0.15) is 16.2 Å². The van der Waals surface area contributed by atoms with E-state index in [1.54, 1.807) is 4.31 Å². The Morgan fingerprint density at radius 1 is 1.05 bits per heavy atom. The van der Waals surface area contributed by atoms with E-state index in [-0.39, 0.29) is 17.7 Å². The fourth-order valence-electron chi connectivity index (χ4n) is 3.69. The minimum atomic E-state index is -5.10. The standard InChI is InChI=1S/C23H25F6N7O2S/c1-5-35(6-2)39(4,38)34-18-7-8-30-19(12-18)36-20(31-13-32-36)14(3)33-21(37)15-9-16(22(24,25)26)11-17(10-15)23(27,28)29/h7-14H,5-6H2,1-4H3,(H,33,37)/t14-,39?/m0/s1. The summed E-state index contributed by atoms with van der Waals surface area (Å²) in [4.78, 5) is 21.0. The Morgan fingerprint density at radius 2 is 1.64 bits per heavy atom. The molecule has 0 aliphatic rings. The summed E-state index contributed by atoms with van der Waals surface area (Å²) < 4.78 is 99.4. The number of carbonyl (C=O) groups excluding carboxylic acids is 1. The van der Waals surface area contributed by atoms with Crippen LogP contribution >= 0.6 is 0 Å². The molecule has 0 saturated carbocycles. The van der Waals surface area contributed by atoms with Crippen molar-refractivity contribution in [3.8, 4) is 5.82 Å². The van der Waals surface area contributed by atoms with Crippen LogP contribution in [0.25, 0.3) is 5.82 Å². The summed E-state index contributed by atoms with van der Waals surface area (Å²) in [5, 5.41) is 6.40. The van der Waals surface area contributed by atoms with Crippen LogP contribution in [0.15, 0.2) is 47.2 Å². The number of hydrogen-bond donors (Lipinski definition) is 1. The monoisotopic (exact) mass is 577 g/mol. The number of pyridine rings is 1. The summed E-state index contributed by atoms with van der Waals surface area (Å²) in [6, 6.07) is 2.61. The van der Waals surface area contributed by atoms with E-state index < -0.39 is 50.9 Å². The van der Waals surface area contributed by atoms with Crippen molar-refractivity contribution in [1.29, 1.82) is 0 Å². The van der Waals surface area contributed by atoms with Gasteiger partial charge in [-0.25, -0.2) is 18.5 Å². The van der Waals surface area contributed by atoms with Crippen LogP contribution in [-0.2, 0) is 22.3 Å². The Morgan fingerprint density at radius 3 is 2.18 bits per heavy atom. The maximum Gasteiger partial charge on any atom is 0.416 e. The summed E-state index contributed by atoms with van der Waals surface area (Å²) in [5.41, 5.74) is -3.73. The molecule has 3 rings (SSSR count). The van der Waals surface area contributed by atoms with Crippen LogP contribution in [0.1, 0.15) is 54.1 Å². The summed E-state index contributed by atoms with van der Waals surface area (Å²) in [7, 11) is -2.74. The lowest BCUT2D eigenvalue weighted by Crippen LogP contribution is -2.29. The van der Waals surface area contributed by atoms with Crippen molar-refractivity contribution in [2.75, 3.05) is 19.3 Å². The van der Waals surface area contributed by atoms with Crippen molar-refractivity contribution in [2.45, 2.75) is 39.2 Å². The molecule has 1 aromatic carbocycles. The Balaban J connectivity index is 1.92. The molecule has 0 saturated heterocycles. The summed E-state index contributed by atoms with van der Waals surface area (Å²) in [6.45, 7) is 6.13. The molecule has 9 nitrogen and oxygen atoms in total. The molecule has 39 heavy (non-hydrogen) atoms. The van der Waals surface area contributed by atoms with Gasteiger partial charge in [-0.05, 0) is 31.2 Å². The van der Waals surface area contributed by atoms with Crippen LogP contribution in [-0.4, -0.2) is 53.5 Å². The normalized spacial score (nSPS) is 14.6. The zero-order valence-electron chi connectivity index (χ0n) is 21.2. The van der Waals surface area contributed by atoms with Crippen molar-refractivity contribution in [2.24, 2.45) is 4.36 Å². The van der Waals surface area contributed by atoms with Crippen molar-refractivity contribution < 1.29 is 35.3 Å². The molecule has 2 atom stereocenters. The maximum absolute atomic E-state index is 13.2. The van der Waals surface area contributed by atoms with Crippen LogP contribution < -0.4 is 5.32 Å². The molecule has 0 aliphatic carbocycles. The van der Waals surface area contributed by atoms with E-state index in [1.807, 2.05) is 13.8 Å². The largest absolute Gasteiger partial charge is 0.416 e. The summed E-state index contributed by atoms with van der Waals surface area (Å²) in [5.74, 6) is -0.926. The molecule has 212 valence electrons. The number of nitrogens with zero attached hydrogens (tertiary/aromatic N) is 6. The van der Waals surface area contributed by atoms with Crippen molar-refractivity contribution in [3.63, 3.8) is 0 Å². The molecule has 0 spiro atoms. The molecule has 16 heteroatoms. The third-order valence-corrected chi connectivity index (χ3v) is 7.59. The minimum absolute atomic E-state index is 0.0601. The Bertz CT molecular complexity index is 1430. The van der Waals surface area contributed by atoms with Crippen molar-refractivity contribution >= 4 is 21.5 Å². The lowest BCUT2D eigenvalue weighted by atomic mass is 10.0. The molecule has 0 bridgehead atoms. The van der Waals surface area contributed by atoms with Gasteiger partial charge in [0, 0.05) is 37.2 Å². The molecule has 2 aromatic heterocycles. The molecule has 0 aliphatic heterocycles. The number of alkyl halides is 6. The Hall–Kier alpha value is -3.53. The second kappa shape index (κ2) is 11.3. The van der Waals surface area contributed by atoms with Crippen LogP contribution in [0.4, 0.5) is 32.0 Å². The molecule has 1 N–H and O–H groups in total. The summed E-state index contributed by atoms with van der Waals surface area (Å²) in [6.07, 6.45) is -6.18. The van der Waals surface area contributed by atoms with Gasteiger partial charge in [0.05, 0.1) is 22.9 Å². The van der Waals surface area contributed by atoms with E-state index in [1.165, 1.54) is 36.2 Å². The molecule has 0 radical (unpaired) electrons. The molecular weight excluding hydrogens is 552 g/mol. The van der Waals surface area contributed by atoms with Gasteiger partial charge in [-0.15, -0.1) is 0 Å². The molecule has 1 unspecified atom stereocenters. The quantitative estimate of drug-likeness (QED) is 0.372. The van der Waals surface area contributed by atoms with E-state index in [0.29, 0.717) is 30.9 Å². The second-order valence-electron chi connectivity index (χ2n) is 8.36. The predicted molar refractivity (Wildman–Crippen MR) is 131 cm³/mol. The fraction of sp³-hybridized carbons (Fsp3) is 0.391. The maximum atomic E-state index is 13.2. The topological polar surface area (TPSA) is 105 Å². The van der Waals surface area contributed by atoms with Gasteiger partial charge in [-0.3, -0.25) is 4.79 Å². The lowest BCUT2D eigenvalue weighted by molar-refractivity contribution is -0.143. The van der Waals surface area contributed by atoms with Crippen LogP contribution in [0.2, 0.25) is 0 Å². The third kappa shape index (κ3) is 7.11. The molecule has 2 heterocycles. The van der Waals surface area contributed by atoms with Crippen LogP contribution in [0.5, 0.6) is 0 Å². The number of amides is 1. The van der Waals surface area contributed by atoms with Gasteiger partial charge in [0.25, 0.3) is 5.91 Å². The van der Waals surface area contributed by atoms with Crippen molar-refractivity contribution in [1.82, 2.24) is 29.4 Å². The Labute approximate surface area is 220 Å². The second-order valence-corrected chi connectivity index (χ2v) is 10.6. The summed E-state index contributed by atoms with van der Waals surface area (Å²) >= 11 is 0. The average Bonchev–Trinajstić information content (AvgIpc) is 3.33. The number of rotatable bonds is 8. The minimum Gasteiger partial charge on any atom is -0.342 e. The van der Waals surface area contributed by atoms with Crippen molar-refractivity contribution in [3.05, 3.63) is 65.4 Å². The van der Waals surface area contributed by atoms with E-state index in [0.717, 1.165) is 6.33 Å². The number of halogens is 6. The van der Waals surface area contributed by atoms with Gasteiger partial charge in [0.15, 0.2) is 11.6 Å². The molecular formula is C23H25F6N7O2S. The number of hydrogen-bond acceptors (Lipinski definition) is 6. The first-order valence-electron chi connectivity index (χ1n) is 11.5. The number of carbonyl (C=O) groups is 1. The lowest BCUT2D eigenvalue weighted by Gasteiger charge is -2.19. The SMILES string of the molecule is CCN(CC)S(C)(=O)=Nc1ccnc(-n2ncnc2[C@H](C)NC(=O)c2cc(C(F)(F)F)cc(C(F)(F)F)c2)c1. The first-order valence-corrected chi connectivity index (χ1v) is 13.4. The zero-order chi connectivity index (χ0) is 29.2. The van der Waals surface area contributed by atoms with Gasteiger partial charge in [-0.1, -0.05) is 13.8 Å². The van der Waals surface area contributed by atoms with Crippen LogP contribution in [0, 0.1) is 0 Å². The highest BCUT2D eigenvalue weighted by Gasteiger charge is 2.37. The number of nitrogens with one attached hydrogen (secondary N) is 1. The van der Waals surface area contributed by atoms with E-state index >= 15 is 0 Å². The van der Waals surface area contributed by atoms with E-state index in [4.69, 9.17) is 0 Å².